The number of amides is 1. The summed E-state index contributed by atoms with van der Waals surface area (Å²) >= 11 is 1.40. The fraction of sp³-hybridized carbons (Fsp3) is 0.529. The second-order valence-electron chi connectivity index (χ2n) is 6.35. The van der Waals surface area contributed by atoms with Crippen LogP contribution in [-0.4, -0.2) is 68.0 Å². The highest BCUT2D eigenvalue weighted by atomic mass is 32.2. The third-order valence-corrected chi connectivity index (χ3v) is 7.76. The number of hydrogen-bond donors (Lipinski definition) is 0. The zero-order chi connectivity index (χ0) is 18.9. The lowest BCUT2D eigenvalue weighted by Crippen LogP contribution is -2.39. The number of ether oxygens (including phenoxy) is 2. The second kappa shape index (κ2) is 7.48. The summed E-state index contributed by atoms with van der Waals surface area (Å²) < 4.78 is 34.5. The number of benzene rings is 1. The van der Waals surface area contributed by atoms with Crippen molar-refractivity contribution in [2.75, 3.05) is 32.3 Å². The van der Waals surface area contributed by atoms with E-state index in [4.69, 9.17) is 9.47 Å². The number of rotatable bonds is 5. The SMILES string of the molecule is COc1ccc(CCN2C(=NC(C)=O)S[C@H]3CS(=O)(=O)C[C@H]32)cc1OC. The van der Waals surface area contributed by atoms with E-state index in [0.29, 0.717) is 29.6 Å². The molecule has 1 amide bonds. The van der Waals surface area contributed by atoms with E-state index in [1.807, 2.05) is 23.1 Å². The normalized spacial score (nSPS) is 25.3. The lowest BCUT2D eigenvalue weighted by atomic mass is 10.1. The zero-order valence-corrected chi connectivity index (χ0v) is 16.6. The topological polar surface area (TPSA) is 85.3 Å². The van der Waals surface area contributed by atoms with Gasteiger partial charge < -0.3 is 14.4 Å². The van der Waals surface area contributed by atoms with Crippen molar-refractivity contribution in [3.8, 4) is 11.5 Å². The summed E-state index contributed by atoms with van der Waals surface area (Å²) in [7, 11) is 0.143. The Kier molecular flexibility index (Phi) is 5.47. The van der Waals surface area contributed by atoms with Gasteiger partial charge in [0.15, 0.2) is 26.5 Å². The standard InChI is InChI=1S/C17H22N2O5S2/c1-11(20)18-17-19(13-9-26(21,22)10-16(13)25-17)7-6-12-4-5-14(23-2)15(8-12)24-3/h4-5,8,13,16H,6-7,9-10H2,1-3H3/t13-,16+/m1/s1. The summed E-state index contributed by atoms with van der Waals surface area (Å²) in [5.41, 5.74) is 1.04. The molecule has 0 aromatic heterocycles. The van der Waals surface area contributed by atoms with E-state index in [2.05, 4.69) is 4.99 Å². The van der Waals surface area contributed by atoms with Crippen LogP contribution in [0.3, 0.4) is 0 Å². The van der Waals surface area contributed by atoms with Gasteiger partial charge in [0.2, 0.25) is 5.91 Å². The molecule has 7 nitrogen and oxygen atoms in total. The van der Waals surface area contributed by atoms with Gasteiger partial charge in [0.05, 0.1) is 31.8 Å². The molecule has 2 aliphatic rings. The van der Waals surface area contributed by atoms with Gasteiger partial charge >= 0.3 is 0 Å². The Morgan fingerprint density at radius 1 is 1.27 bits per heavy atom. The molecule has 0 N–H and O–H groups in total. The molecule has 26 heavy (non-hydrogen) atoms. The molecule has 2 heterocycles. The van der Waals surface area contributed by atoms with Crippen molar-refractivity contribution in [3.05, 3.63) is 23.8 Å². The maximum absolute atomic E-state index is 12.0. The number of fused-ring (bicyclic) bond motifs is 1. The predicted octanol–water partition coefficient (Wildman–Crippen LogP) is 1.36. The third kappa shape index (κ3) is 3.98. The molecule has 3 rings (SSSR count). The van der Waals surface area contributed by atoms with Crippen LogP contribution in [0.2, 0.25) is 0 Å². The van der Waals surface area contributed by atoms with Crippen LogP contribution in [0.4, 0.5) is 0 Å². The molecule has 2 atom stereocenters. The largest absolute Gasteiger partial charge is 0.493 e. The van der Waals surface area contributed by atoms with Crippen molar-refractivity contribution in [2.24, 2.45) is 4.99 Å². The molecule has 1 aromatic carbocycles. The first-order valence-electron chi connectivity index (χ1n) is 8.27. The van der Waals surface area contributed by atoms with E-state index in [9.17, 15) is 13.2 Å². The summed E-state index contributed by atoms with van der Waals surface area (Å²) in [6, 6.07) is 5.59. The fourth-order valence-corrected chi connectivity index (χ4v) is 7.34. The minimum Gasteiger partial charge on any atom is -0.493 e. The number of hydrogen-bond acceptors (Lipinski definition) is 6. The molecule has 9 heteroatoms. The van der Waals surface area contributed by atoms with Crippen LogP contribution >= 0.6 is 11.8 Å². The summed E-state index contributed by atoms with van der Waals surface area (Å²) in [6.07, 6.45) is 0.682. The highest BCUT2D eigenvalue weighted by Gasteiger charge is 2.48. The van der Waals surface area contributed by atoms with E-state index >= 15 is 0 Å². The maximum Gasteiger partial charge on any atom is 0.244 e. The number of carbonyl (C=O) groups excluding carboxylic acids is 1. The van der Waals surface area contributed by atoms with Crippen molar-refractivity contribution >= 4 is 32.7 Å². The van der Waals surface area contributed by atoms with Gasteiger partial charge in [-0.3, -0.25) is 4.79 Å². The van der Waals surface area contributed by atoms with Gasteiger partial charge in [-0.05, 0) is 24.1 Å². The van der Waals surface area contributed by atoms with E-state index in [-0.39, 0.29) is 28.7 Å². The highest BCUT2D eigenvalue weighted by molar-refractivity contribution is 8.15. The molecule has 2 aliphatic heterocycles. The van der Waals surface area contributed by atoms with Crippen LogP contribution in [-0.2, 0) is 21.1 Å². The Morgan fingerprint density at radius 2 is 2.00 bits per heavy atom. The zero-order valence-electron chi connectivity index (χ0n) is 15.0. The van der Waals surface area contributed by atoms with Gasteiger partial charge in [-0.15, -0.1) is 0 Å². The molecule has 0 saturated carbocycles. The van der Waals surface area contributed by atoms with Crippen molar-refractivity contribution < 1.29 is 22.7 Å². The number of sulfone groups is 1. The third-order valence-electron chi connectivity index (χ3n) is 4.52. The van der Waals surface area contributed by atoms with Crippen LogP contribution in [0.15, 0.2) is 23.2 Å². The molecular formula is C17H22N2O5S2. The van der Waals surface area contributed by atoms with Crippen molar-refractivity contribution in [3.63, 3.8) is 0 Å². The number of carbonyl (C=O) groups is 1. The van der Waals surface area contributed by atoms with E-state index in [0.717, 1.165) is 5.56 Å². The summed E-state index contributed by atoms with van der Waals surface area (Å²) in [5, 5.41) is 0.575. The van der Waals surface area contributed by atoms with Gasteiger partial charge in [0.1, 0.15) is 0 Å². The smallest absolute Gasteiger partial charge is 0.244 e. The van der Waals surface area contributed by atoms with Crippen LogP contribution < -0.4 is 9.47 Å². The minimum atomic E-state index is -3.03. The second-order valence-corrected chi connectivity index (χ2v) is 9.71. The number of aliphatic imine (C=N–C) groups is 1. The first kappa shape index (κ1) is 19.0. The molecule has 0 aliphatic carbocycles. The monoisotopic (exact) mass is 398 g/mol. The van der Waals surface area contributed by atoms with Gasteiger partial charge in [-0.25, -0.2) is 8.42 Å². The quantitative estimate of drug-likeness (QED) is 0.740. The number of nitrogens with zero attached hydrogens (tertiary/aromatic N) is 2. The maximum atomic E-state index is 12.0. The van der Waals surface area contributed by atoms with Crippen molar-refractivity contribution in [2.45, 2.75) is 24.6 Å². The Hall–Kier alpha value is -1.74. The molecule has 1 aromatic rings. The van der Waals surface area contributed by atoms with Crippen molar-refractivity contribution in [1.82, 2.24) is 4.90 Å². The van der Waals surface area contributed by atoms with Crippen molar-refractivity contribution in [1.29, 1.82) is 0 Å². The molecule has 2 fully saturated rings. The average molecular weight is 399 g/mol. The molecule has 0 bridgehead atoms. The molecule has 0 spiro atoms. The summed E-state index contributed by atoms with van der Waals surface area (Å²) in [4.78, 5) is 17.5. The average Bonchev–Trinajstić information content (AvgIpc) is 3.03. The predicted molar refractivity (Wildman–Crippen MR) is 102 cm³/mol. The molecular weight excluding hydrogens is 376 g/mol. The van der Waals surface area contributed by atoms with Gasteiger partial charge in [0.25, 0.3) is 0 Å². The van der Waals surface area contributed by atoms with Crippen LogP contribution in [0.1, 0.15) is 12.5 Å². The Morgan fingerprint density at radius 3 is 2.65 bits per heavy atom. The Labute approximate surface area is 157 Å². The first-order chi connectivity index (χ1) is 12.3. The highest BCUT2D eigenvalue weighted by Crippen LogP contribution is 2.38. The number of thioether (sulfide) groups is 1. The number of methoxy groups -OCH3 is 2. The van der Waals surface area contributed by atoms with Gasteiger partial charge in [-0.2, -0.15) is 4.99 Å². The first-order valence-corrected chi connectivity index (χ1v) is 11.0. The lowest BCUT2D eigenvalue weighted by molar-refractivity contribution is -0.115. The lowest BCUT2D eigenvalue weighted by Gasteiger charge is -2.24. The summed E-state index contributed by atoms with van der Waals surface area (Å²) in [6.45, 7) is 2.00. The molecule has 0 radical (unpaired) electrons. The van der Waals surface area contributed by atoms with Crippen LogP contribution in [0, 0.1) is 0 Å². The Balaban J connectivity index is 1.78. The molecule has 142 valence electrons. The van der Waals surface area contributed by atoms with E-state index in [1.165, 1.54) is 18.7 Å². The van der Waals surface area contributed by atoms with Crippen LogP contribution in [0.5, 0.6) is 11.5 Å². The molecule has 0 unspecified atom stereocenters. The van der Waals surface area contributed by atoms with E-state index < -0.39 is 9.84 Å². The Bertz CT molecular complexity index is 838. The van der Waals surface area contributed by atoms with Gasteiger partial charge in [0, 0.05) is 18.7 Å². The van der Waals surface area contributed by atoms with Crippen LogP contribution in [0.25, 0.3) is 0 Å². The van der Waals surface area contributed by atoms with E-state index in [1.54, 1.807) is 14.2 Å². The summed E-state index contributed by atoms with van der Waals surface area (Å²) in [5.74, 6) is 1.31. The molecule has 2 saturated heterocycles. The number of amidine groups is 1. The minimum absolute atomic E-state index is 0.0523. The fourth-order valence-electron chi connectivity index (χ4n) is 3.32. The van der Waals surface area contributed by atoms with Gasteiger partial charge in [-0.1, -0.05) is 17.8 Å².